The van der Waals surface area contributed by atoms with Crippen molar-refractivity contribution in [1.82, 2.24) is 14.8 Å². The minimum absolute atomic E-state index is 0.757. The van der Waals surface area contributed by atoms with E-state index in [0.29, 0.717) is 0 Å². The summed E-state index contributed by atoms with van der Waals surface area (Å²) in [5.41, 5.74) is 3.18. The summed E-state index contributed by atoms with van der Waals surface area (Å²) in [5.74, 6) is 0. The number of likely N-dealkylation sites (N-methyl/N-ethyl adjacent to an activating group) is 1. The summed E-state index contributed by atoms with van der Waals surface area (Å²) in [5, 5.41) is 0. The fourth-order valence-electron chi connectivity index (χ4n) is 3.44. The number of fused-ring (bicyclic) bond motifs is 1. The number of hydrogen-bond donors (Lipinski definition) is 0. The molecule has 0 amide bonds. The summed E-state index contributed by atoms with van der Waals surface area (Å²) < 4.78 is 5.90. The lowest BCUT2D eigenvalue weighted by molar-refractivity contribution is 0.210. The molecular formula is C21H26N4O. The van der Waals surface area contributed by atoms with Crippen LogP contribution >= 0.6 is 0 Å². The minimum Gasteiger partial charge on any atom is -0.423 e. The van der Waals surface area contributed by atoms with Gasteiger partial charge in [-0.15, -0.1) is 0 Å². The van der Waals surface area contributed by atoms with Crippen LogP contribution in [-0.4, -0.2) is 61.1 Å². The zero-order valence-electron chi connectivity index (χ0n) is 15.3. The molecule has 2 aromatic carbocycles. The molecule has 0 spiro atoms. The Labute approximate surface area is 154 Å². The highest BCUT2D eigenvalue weighted by Crippen LogP contribution is 2.22. The molecule has 5 heteroatoms. The highest BCUT2D eigenvalue weighted by atomic mass is 16.4. The van der Waals surface area contributed by atoms with Crippen LogP contribution in [0.1, 0.15) is 5.56 Å². The first-order chi connectivity index (χ1) is 12.8. The Balaban J connectivity index is 1.24. The molecule has 1 aliphatic heterocycles. The predicted octanol–water partition coefficient (Wildman–Crippen LogP) is 3.08. The normalized spacial score (nSPS) is 15.8. The predicted molar refractivity (Wildman–Crippen MR) is 105 cm³/mol. The lowest BCUT2D eigenvalue weighted by Gasteiger charge is -2.34. The van der Waals surface area contributed by atoms with Crippen LogP contribution in [0.3, 0.4) is 0 Å². The van der Waals surface area contributed by atoms with E-state index in [1.165, 1.54) is 5.56 Å². The van der Waals surface area contributed by atoms with Gasteiger partial charge in [0.2, 0.25) is 0 Å². The molecule has 0 unspecified atom stereocenters. The smallest absolute Gasteiger partial charge is 0.298 e. The van der Waals surface area contributed by atoms with Crippen LogP contribution in [0.2, 0.25) is 0 Å². The van der Waals surface area contributed by atoms with Gasteiger partial charge in [0.25, 0.3) is 6.01 Å². The molecule has 1 saturated heterocycles. The molecule has 1 aromatic heterocycles. The third kappa shape index (κ3) is 4.06. The van der Waals surface area contributed by atoms with Crippen LogP contribution in [0.5, 0.6) is 0 Å². The van der Waals surface area contributed by atoms with Crippen LogP contribution in [0.25, 0.3) is 11.1 Å². The van der Waals surface area contributed by atoms with Crippen LogP contribution in [0.4, 0.5) is 6.01 Å². The number of hydrogen-bond acceptors (Lipinski definition) is 5. The van der Waals surface area contributed by atoms with E-state index in [9.17, 15) is 0 Å². The topological polar surface area (TPSA) is 35.8 Å². The van der Waals surface area contributed by atoms with Gasteiger partial charge >= 0.3 is 0 Å². The molecule has 5 nitrogen and oxygen atoms in total. The number of oxazole rings is 1. The standard InChI is InChI=1S/C21H26N4O/c1-23(17-18-7-3-2-4-8-18)11-12-24-13-15-25(16-14-24)21-22-19-9-5-6-10-20(19)26-21/h2-10H,11-17H2,1H3. The van der Waals surface area contributed by atoms with Gasteiger partial charge in [-0.25, -0.2) is 0 Å². The molecular weight excluding hydrogens is 324 g/mol. The average Bonchev–Trinajstić information content (AvgIpc) is 3.12. The van der Waals surface area contributed by atoms with Crippen molar-refractivity contribution in [3.63, 3.8) is 0 Å². The van der Waals surface area contributed by atoms with Gasteiger partial charge in [-0.3, -0.25) is 4.90 Å². The van der Waals surface area contributed by atoms with Crippen LogP contribution in [0.15, 0.2) is 59.0 Å². The lowest BCUT2D eigenvalue weighted by Crippen LogP contribution is -2.48. The fraction of sp³-hybridized carbons (Fsp3) is 0.381. The number of rotatable bonds is 6. The largest absolute Gasteiger partial charge is 0.423 e. The molecule has 0 atom stereocenters. The quantitative estimate of drug-likeness (QED) is 0.683. The summed E-state index contributed by atoms with van der Waals surface area (Å²) in [4.78, 5) is 11.8. The molecule has 0 saturated carbocycles. The highest BCUT2D eigenvalue weighted by molar-refractivity contribution is 5.74. The van der Waals surface area contributed by atoms with E-state index in [1.54, 1.807) is 0 Å². The van der Waals surface area contributed by atoms with Gasteiger partial charge < -0.3 is 14.2 Å². The first-order valence-corrected chi connectivity index (χ1v) is 9.33. The SMILES string of the molecule is CN(CCN1CCN(c2nc3ccccc3o2)CC1)Cc1ccccc1. The number of nitrogens with zero attached hydrogens (tertiary/aromatic N) is 4. The molecule has 0 aliphatic carbocycles. The van der Waals surface area contributed by atoms with Gasteiger partial charge in [-0.1, -0.05) is 42.5 Å². The molecule has 3 aromatic rings. The number of piperazine rings is 1. The Hall–Kier alpha value is -2.37. The van der Waals surface area contributed by atoms with Crippen molar-refractivity contribution in [3.05, 3.63) is 60.2 Å². The van der Waals surface area contributed by atoms with Crippen molar-refractivity contribution in [2.24, 2.45) is 0 Å². The van der Waals surface area contributed by atoms with E-state index in [1.807, 2.05) is 24.3 Å². The zero-order chi connectivity index (χ0) is 17.8. The van der Waals surface area contributed by atoms with Crippen molar-refractivity contribution in [2.75, 3.05) is 51.2 Å². The van der Waals surface area contributed by atoms with E-state index in [2.05, 4.69) is 57.1 Å². The van der Waals surface area contributed by atoms with Crippen molar-refractivity contribution in [2.45, 2.75) is 6.54 Å². The third-order valence-corrected chi connectivity index (χ3v) is 5.02. The van der Waals surface area contributed by atoms with Gasteiger partial charge in [0.15, 0.2) is 5.58 Å². The lowest BCUT2D eigenvalue weighted by atomic mass is 10.2. The number of anilines is 1. The maximum Gasteiger partial charge on any atom is 0.298 e. The summed E-state index contributed by atoms with van der Waals surface area (Å²) in [6, 6.07) is 19.4. The average molecular weight is 350 g/mol. The number of para-hydroxylation sites is 2. The second-order valence-electron chi connectivity index (χ2n) is 7.02. The van der Waals surface area contributed by atoms with Gasteiger partial charge in [-0.2, -0.15) is 4.98 Å². The molecule has 4 rings (SSSR count). The highest BCUT2D eigenvalue weighted by Gasteiger charge is 2.21. The molecule has 26 heavy (non-hydrogen) atoms. The summed E-state index contributed by atoms with van der Waals surface area (Å²) in [6.07, 6.45) is 0. The van der Waals surface area contributed by atoms with E-state index in [4.69, 9.17) is 4.42 Å². The molecule has 2 heterocycles. The van der Waals surface area contributed by atoms with Crippen LogP contribution in [0, 0.1) is 0 Å². The molecule has 0 bridgehead atoms. The van der Waals surface area contributed by atoms with Gasteiger partial charge in [0.1, 0.15) is 5.52 Å². The number of aromatic nitrogens is 1. The van der Waals surface area contributed by atoms with E-state index in [-0.39, 0.29) is 0 Å². The summed E-state index contributed by atoms with van der Waals surface area (Å²) >= 11 is 0. The molecule has 136 valence electrons. The minimum atomic E-state index is 0.757. The number of benzene rings is 2. The van der Waals surface area contributed by atoms with Gasteiger partial charge in [0.05, 0.1) is 0 Å². The second kappa shape index (κ2) is 7.89. The maximum atomic E-state index is 5.90. The second-order valence-corrected chi connectivity index (χ2v) is 7.02. The Bertz CT molecular complexity index is 791. The van der Waals surface area contributed by atoms with E-state index >= 15 is 0 Å². The van der Waals surface area contributed by atoms with Crippen molar-refractivity contribution in [1.29, 1.82) is 0 Å². The fourth-order valence-corrected chi connectivity index (χ4v) is 3.44. The monoisotopic (exact) mass is 350 g/mol. The maximum absolute atomic E-state index is 5.90. The van der Waals surface area contributed by atoms with Crippen LogP contribution in [-0.2, 0) is 6.54 Å². The van der Waals surface area contributed by atoms with Gasteiger partial charge in [0, 0.05) is 45.8 Å². The third-order valence-electron chi connectivity index (χ3n) is 5.02. The van der Waals surface area contributed by atoms with Gasteiger partial charge in [-0.05, 0) is 24.7 Å². The Morgan fingerprint density at radius 1 is 0.962 bits per heavy atom. The molecule has 0 radical (unpaired) electrons. The Morgan fingerprint density at radius 2 is 1.69 bits per heavy atom. The molecule has 1 fully saturated rings. The van der Waals surface area contributed by atoms with Crippen molar-refractivity contribution in [3.8, 4) is 0 Å². The molecule has 1 aliphatic rings. The van der Waals surface area contributed by atoms with E-state index in [0.717, 1.165) is 62.9 Å². The zero-order valence-corrected chi connectivity index (χ0v) is 15.3. The van der Waals surface area contributed by atoms with Crippen molar-refractivity contribution >= 4 is 17.1 Å². The summed E-state index contributed by atoms with van der Waals surface area (Å²) in [6.45, 7) is 7.23. The van der Waals surface area contributed by atoms with Crippen LogP contribution < -0.4 is 4.90 Å². The summed E-state index contributed by atoms with van der Waals surface area (Å²) in [7, 11) is 2.20. The Kier molecular flexibility index (Phi) is 5.18. The first-order valence-electron chi connectivity index (χ1n) is 9.33. The van der Waals surface area contributed by atoms with E-state index < -0.39 is 0 Å². The first kappa shape index (κ1) is 17.1. The molecule has 0 N–H and O–H groups in total. The van der Waals surface area contributed by atoms with Crippen molar-refractivity contribution < 1.29 is 4.42 Å². The Morgan fingerprint density at radius 3 is 2.46 bits per heavy atom.